The molecule has 0 bridgehead atoms. The van der Waals surface area contributed by atoms with Gasteiger partial charge in [0.15, 0.2) is 23.4 Å². The number of aliphatic hydroxyl groups excluding tert-OH is 12. The first kappa shape index (κ1) is 212. The topological polar surface area (TPSA) is 1130 Å². The van der Waals surface area contributed by atoms with Gasteiger partial charge >= 0.3 is 454 Å². The number of hydrogen-bond donors (Lipinski definition) is 38. The largest absolute Gasteiger partial charge is 2.00 e. The van der Waals surface area contributed by atoms with Gasteiger partial charge in [-0.3, -0.25) is 37.4 Å². The second kappa shape index (κ2) is 117. The van der Waals surface area contributed by atoms with Gasteiger partial charge in [-0.15, -0.1) is 24.8 Å². The Bertz CT molecular complexity index is 2330. The Hall–Kier alpha value is 4.63. The van der Waals surface area contributed by atoms with Crippen LogP contribution in [0.5, 0.6) is 0 Å². The molecule has 0 aromatic heterocycles. The molecule has 0 aliphatic heterocycles. The maximum absolute atomic E-state index is 10.3. The quantitative estimate of drug-likeness (QED) is 0.0272. The van der Waals surface area contributed by atoms with Crippen LogP contribution < -0.4 is 0 Å². The van der Waals surface area contributed by atoms with Gasteiger partial charge in [0.25, 0.3) is 0 Å². The second-order valence-electron chi connectivity index (χ2n) is 14.5. The molecule has 58 nitrogen and oxygen atoms in total. The number of carboxylic acids is 10. The number of carbonyl (C=O) groups is 12. The van der Waals surface area contributed by atoms with Crippen molar-refractivity contribution >= 4 is 479 Å². The van der Waals surface area contributed by atoms with Gasteiger partial charge in [0.05, 0.1) is 38.9 Å². The molecule has 10 atom stereocenters. The Labute approximate surface area is 876 Å². The number of hydrogen-bond acceptors (Lipinski definition) is 32. The van der Waals surface area contributed by atoms with Gasteiger partial charge in [0, 0.05) is 0 Å². The summed E-state index contributed by atoms with van der Waals surface area (Å²) in [5.41, 5.74) is -5.48. The maximum Gasteiger partial charge on any atom is 2.00 e. The van der Waals surface area contributed by atoms with E-state index < -0.39 is 220 Å². The van der Waals surface area contributed by atoms with Gasteiger partial charge in [-0.05, 0) is 13.8 Å². The molecule has 0 aliphatic carbocycles. The molecule has 0 spiro atoms. The minimum Gasteiger partial charge on any atom is -2.00 e. The first-order valence-electron chi connectivity index (χ1n) is 20.7. The molecule has 584 valence electrons. The van der Waals surface area contributed by atoms with E-state index in [-0.39, 0.29) is 382 Å². The van der Waals surface area contributed by atoms with Gasteiger partial charge in [0.1, 0.15) is 48.8 Å². The first-order valence-corrected chi connectivity index (χ1v) is 26.6. The monoisotopic (exact) mass is 1940 g/mol. The molecule has 0 saturated carbocycles. The number of aliphatic carboxylic acids is 10. The number of aliphatic hydroxyl groups is 14. The van der Waals surface area contributed by atoms with Gasteiger partial charge in [-0.25, -0.2) is 47.5 Å². The van der Waals surface area contributed by atoms with E-state index >= 15 is 0 Å². The molecular formula is C32H68Cl2Mg15O58P2S2+26. The smallest absolute Gasteiger partial charge is 2.00 e. The fourth-order valence-electron chi connectivity index (χ4n) is 2.77. The van der Waals surface area contributed by atoms with Crippen molar-refractivity contribution in [2.45, 2.75) is 112 Å². The van der Waals surface area contributed by atoms with Crippen LogP contribution in [-0.2, 0) is 88.8 Å². The van der Waals surface area contributed by atoms with Crippen LogP contribution in [0, 0.1) is 0 Å². The van der Waals surface area contributed by atoms with Crippen molar-refractivity contribution in [2.75, 3.05) is 13.2 Å². The van der Waals surface area contributed by atoms with Crippen LogP contribution in [0.2, 0.25) is 0 Å². The fraction of sp³-hybridized carbons (Fsp3) is 0.625. The van der Waals surface area contributed by atoms with Gasteiger partial charge in [-0.1, -0.05) is 0 Å². The zero-order valence-electron chi connectivity index (χ0n) is 57.3. The minimum absolute atomic E-state index is 0. The van der Waals surface area contributed by atoms with E-state index in [2.05, 4.69) is 0 Å². The summed E-state index contributed by atoms with van der Waals surface area (Å²) >= 11 is 0. The van der Waals surface area contributed by atoms with Crippen LogP contribution >= 0.6 is 40.5 Å². The minimum atomic E-state index is -4.67. The van der Waals surface area contributed by atoms with E-state index in [0.717, 1.165) is 0 Å². The van der Waals surface area contributed by atoms with Crippen molar-refractivity contribution in [3.8, 4) is 0 Å². The third kappa shape index (κ3) is 224. The Morgan fingerprint density at radius 3 is 0.468 bits per heavy atom. The molecule has 0 amide bonds. The Morgan fingerprint density at radius 1 is 0.315 bits per heavy atom. The van der Waals surface area contributed by atoms with Crippen molar-refractivity contribution in [1.82, 2.24) is 0 Å². The summed E-state index contributed by atoms with van der Waals surface area (Å²) in [6.45, 7) is 0.708. The summed E-state index contributed by atoms with van der Waals surface area (Å²) in [6, 6.07) is 0. The average molecular weight is 1940 g/mol. The van der Waals surface area contributed by atoms with Crippen LogP contribution in [0.1, 0.15) is 39.5 Å². The zero-order chi connectivity index (χ0) is 77.9. The predicted octanol–water partition coefficient (Wildman–Crippen LogP) is -18.4. The van der Waals surface area contributed by atoms with Crippen LogP contribution in [0.25, 0.3) is 0 Å². The number of carboxylic acid groups (broad SMARTS) is 14. The molecule has 0 heterocycles. The van der Waals surface area contributed by atoms with Crippen LogP contribution in [0.4, 0.5) is 9.59 Å². The molecule has 79 heteroatoms. The third-order valence-corrected chi connectivity index (χ3v) is 6.30. The summed E-state index contributed by atoms with van der Waals surface area (Å²) < 4.78 is 80.9. The summed E-state index contributed by atoms with van der Waals surface area (Å²) in [6.07, 6.45) is -26.4. The standard InChI is InChI=1S/2C6H8O7.2C6H12O7.2C3H6O3.2CH2O3.2ClH.15Mg.2H3O4P.2H2O4S.2O/c2*7-3(8)1-6(13,5(11)12)2-4(9)10;2*7-1-2(8)3(9)4(10)5(11)6(12)13;2*1-2(4)3(5)6;2*2-1(3)4;;;;;;;;;;;;;;;;;;4*1-5(2,3)4;;/h2*13H,1-2H2,(H,7,8)(H,9,10)(H,11,12);2*2-5,7-11H,1H2,(H,12,13);2*2,4H,1H3,(H,5,6);2*(H2,2,3,4);2*1H;;;;;;;;;;;;;;;;2*(H3,1,2,3,4);2*(H2,1,2,3,4);;/q;;;;;;;;;;15*+2;;;;;2*-2/t;;2*2-,3-,4+,5-;;;;;;;;;;;;;;;;;;;;;;;;;;;/m..11.........................../s1. The van der Waals surface area contributed by atoms with Crippen LogP contribution in [-0.4, -0.2) is 711 Å². The molecular weight excluding hydrogens is 1870 g/mol. The molecule has 0 aromatic rings. The van der Waals surface area contributed by atoms with E-state index in [4.69, 9.17) is 226 Å². The normalized spacial score (nSPS) is 11.3. The second-order valence-corrected chi connectivity index (χ2v) is 18.3. The Morgan fingerprint density at radius 2 is 0.414 bits per heavy atom. The van der Waals surface area contributed by atoms with Gasteiger partial charge < -0.3 is 183 Å². The number of phosphoric acid groups is 2. The van der Waals surface area contributed by atoms with Crippen molar-refractivity contribution in [1.29, 1.82) is 0 Å². The first-order chi connectivity index (χ1) is 40.1. The molecule has 111 heavy (non-hydrogen) atoms. The van der Waals surface area contributed by atoms with Crippen LogP contribution in [0.3, 0.4) is 0 Å². The average Bonchev–Trinajstić information content (AvgIpc) is 3.29. The van der Waals surface area contributed by atoms with Crippen molar-refractivity contribution in [2.24, 2.45) is 0 Å². The number of halogens is 2. The Balaban J connectivity index is -0.0000000218. The SMILES string of the molecule is CC(O)C(=O)O.CC(O)C(=O)O.Cl.Cl.O=C(O)CC(O)(CC(=O)O)C(=O)O.O=C(O)CC(O)(CC(=O)O)C(=O)O.O=C(O)O.O=C(O)O.O=C(O)[C@H](O)[C@@H](O)[C@H](O)[C@H](O)CO.O=C(O)[C@H](O)[C@@H](O)[C@H](O)[C@H](O)CO.O=P(O)(O)O.O=P(O)(O)O.O=S(=O)(O)O.O=S(=O)(O)O.[Mg+2].[Mg+2].[Mg+2].[Mg+2].[Mg+2].[Mg+2].[Mg+2].[Mg+2].[Mg+2].[Mg+2].[Mg+2].[Mg+2].[Mg+2].[Mg+2].[Mg+2].[O-2].[O-2]. The van der Waals surface area contributed by atoms with E-state index in [1.807, 2.05) is 0 Å². The number of rotatable bonds is 22. The molecule has 38 N–H and O–H groups in total. The molecule has 0 rings (SSSR count). The molecule has 2 unspecified atom stereocenters. The summed E-state index contributed by atoms with van der Waals surface area (Å²) in [5.74, 6) is -15.9. The predicted molar refractivity (Wildman–Crippen MR) is 371 cm³/mol. The van der Waals surface area contributed by atoms with Crippen molar-refractivity contribution < 1.29 is 285 Å². The van der Waals surface area contributed by atoms with E-state index in [9.17, 15) is 47.9 Å². The third-order valence-electron chi connectivity index (χ3n) is 6.30. The zero-order valence-corrected chi connectivity index (χ0v) is 83.6. The summed E-state index contributed by atoms with van der Waals surface area (Å²) in [4.78, 5) is 160. The molecule has 0 fully saturated rings. The molecule has 0 radical (unpaired) electrons. The van der Waals surface area contributed by atoms with Crippen LogP contribution in [0.15, 0.2) is 0 Å². The fourth-order valence-corrected chi connectivity index (χ4v) is 2.77. The Kier molecular flexibility index (Phi) is 223. The molecule has 0 saturated heterocycles. The molecule has 0 aromatic carbocycles. The molecule has 0 aliphatic rings. The van der Waals surface area contributed by atoms with E-state index in [1.165, 1.54) is 13.8 Å². The van der Waals surface area contributed by atoms with Crippen molar-refractivity contribution in [3.63, 3.8) is 0 Å². The maximum atomic E-state index is 10.3. The van der Waals surface area contributed by atoms with Gasteiger partial charge in [-0.2, -0.15) is 16.8 Å². The summed E-state index contributed by atoms with van der Waals surface area (Å²) in [5, 5.41) is 231. The van der Waals surface area contributed by atoms with E-state index in [1.54, 1.807) is 0 Å². The van der Waals surface area contributed by atoms with Crippen molar-refractivity contribution in [3.05, 3.63) is 0 Å². The van der Waals surface area contributed by atoms with E-state index in [0.29, 0.717) is 0 Å². The summed E-state index contributed by atoms with van der Waals surface area (Å²) in [7, 11) is -18.6. The van der Waals surface area contributed by atoms with Gasteiger partial charge in [0.2, 0.25) is 0 Å².